The Bertz CT molecular complexity index is 836. The fourth-order valence-corrected chi connectivity index (χ4v) is 5.43. The lowest BCUT2D eigenvalue weighted by molar-refractivity contribution is -0.130. The largest absolute Gasteiger partial charge is 0.381 e. The van der Waals surface area contributed by atoms with Gasteiger partial charge in [0.2, 0.25) is 0 Å². The SMILES string of the molecule is O=C(CN1C(=O)c2c(F)cccc2S1(=O)=O)C1CC2(CCOC2)C1. The zero-order chi connectivity index (χ0) is 17.1. The van der Waals surface area contributed by atoms with Crippen molar-refractivity contribution in [1.29, 1.82) is 0 Å². The van der Waals surface area contributed by atoms with Gasteiger partial charge in [-0.3, -0.25) is 9.59 Å². The number of rotatable bonds is 3. The predicted molar refractivity (Wildman–Crippen MR) is 80.2 cm³/mol. The van der Waals surface area contributed by atoms with E-state index in [2.05, 4.69) is 0 Å². The first-order valence-corrected chi connectivity index (χ1v) is 9.24. The summed E-state index contributed by atoms with van der Waals surface area (Å²) in [6.07, 6.45) is 2.23. The Hall–Kier alpha value is -1.80. The van der Waals surface area contributed by atoms with E-state index < -0.39 is 33.9 Å². The molecule has 0 unspecified atom stereocenters. The van der Waals surface area contributed by atoms with Crippen LogP contribution < -0.4 is 0 Å². The molecule has 1 amide bonds. The van der Waals surface area contributed by atoms with Gasteiger partial charge in [0, 0.05) is 12.5 Å². The van der Waals surface area contributed by atoms with Gasteiger partial charge in [-0.1, -0.05) is 6.07 Å². The number of fused-ring (bicyclic) bond motifs is 1. The van der Waals surface area contributed by atoms with E-state index in [1.54, 1.807) is 0 Å². The Balaban J connectivity index is 1.53. The molecule has 24 heavy (non-hydrogen) atoms. The van der Waals surface area contributed by atoms with Crippen molar-refractivity contribution in [3.63, 3.8) is 0 Å². The third-order valence-electron chi connectivity index (χ3n) is 5.28. The molecule has 0 radical (unpaired) electrons. The summed E-state index contributed by atoms with van der Waals surface area (Å²) in [5.41, 5.74) is -0.428. The summed E-state index contributed by atoms with van der Waals surface area (Å²) >= 11 is 0. The molecule has 6 nitrogen and oxygen atoms in total. The number of ether oxygens (including phenoxy) is 1. The average molecular weight is 353 g/mol. The molecule has 0 bridgehead atoms. The summed E-state index contributed by atoms with van der Waals surface area (Å²) in [5.74, 6) is -2.41. The van der Waals surface area contributed by atoms with Crippen molar-refractivity contribution in [2.75, 3.05) is 19.8 Å². The number of carbonyl (C=O) groups excluding carboxylic acids is 2. The number of hydrogen-bond donors (Lipinski definition) is 0. The zero-order valence-corrected chi connectivity index (χ0v) is 13.6. The molecule has 1 aliphatic carbocycles. The molecule has 0 N–H and O–H groups in total. The van der Waals surface area contributed by atoms with Crippen LogP contribution in [0.25, 0.3) is 0 Å². The molecule has 1 aromatic rings. The highest BCUT2D eigenvalue weighted by Gasteiger charge is 2.51. The van der Waals surface area contributed by atoms with Gasteiger partial charge in [-0.25, -0.2) is 17.1 Å². The van der Waals surface area contributed by atoms with Gasteiger partial charge in [-0.05, 0) is 36.8 Å². The van der Waals surface area contributed by atoms with Crippen LogP contribution in [0.1, 0.15) is 29.6 Å². The van der Waals surface area contributed by atoms with Crippen molar-refractivity contribution in [1.82, 2.24) is 4.31 Å². The first kappa shape index (κ1) is 15.7. The first-order chi connectivity index (χ1) is 11.3. The number of hydrogen-bond acceptors (Lipinski definition) is 5. The second-order valence-corrected chi connectivity index (χ2v) is 8.63. The molecule has 0 atom stereocenters. The smallest absolute Gasteiger partial charge is 0.272 e. The molecule has 1 spiro atoms. The number of nitrogens with zero attached hydrogens (tertiary/aromatic N) is 1. The van der Waals surface area contributed by atoms with Crippen LogP contribution in [0.2, 0.25) is 0 Å². The Kier molecular flexibility index (Phi) is 3.34. The van der Waals surface area contributed by atoms with Gasteiger partial charge in [0.05, 0.1) is 18.7 Å². The fourth-order valence-electron chi connectivity index (χ4n) is 3.89. The van der Waals surface area contributed by atoms with E-state index in [0.29, 0.717) is 30.4 Å². The van der Waals surface area contributed by atoms with Crippen molar-refractivity contribution in [3.8, 4) is 0 Å². The van der Waals surface area contributed by atoms with Crippen molar-refractivity contribution >= 4 is 21.7 Å². The van der Waals surface area contributed by atoms with E-state index >= 15 is 0 Å². The van der Waals surface area contributed by atoms with E-state index in [4.69, 9.17) is 4.74 Å². The van der Waals surface area contributed by atoms with Crippen molar-refractivity contribution in [2.45, 2.75) is 24.2 Å². The van der Waals surface area contributed by atoms with Crippen LogP contribution in [0.4, 0.5) is 4.39 Å². The molecular formula is C16H16FNO5S. The van der Waals surface area contributed by atoms with Crippen LogP contribution in [0.3, 0.4) is 0 Å². The minimum Gasteiger partial charge on any atom is -0.381 e. The fraction of sp³-hybridized carbons (Fsp3) is 0.500. The molecule has 4 rings (SSSR count). The number of halogens is 1. The van der Waals surface area contributed by atoms with Gasteiger partial charge in [0.15, 0.2) is 5.78 Å². The lowest BCUT2D eigenvalue weighted by atomic mass is 9.60. The number of amides is 1. The topological polar surface area (TPSA) is 80.8 Å². The Morgan fingerprint density at radius 2 is 2.12 bits per heavy atom. The van der Waals surface area contributed by atoms with E-state index in [1.807, 2.05) is 0 Å². The second kappa shape index (κ2) is 5.10. The molecule has 2 fully saturated rings. The molecule has 1 saturated carbocycles. The molecule has 2 heterocycles. The van der Waals surface area contributed by atoms with Crippen LogP contribution in [0.5, 0.6) is 0 Å². The molecule has 1 saturated heterocycles. The Morgan fingerprint density at radius 1 is 1.38 bits per heavy atom. The Labute approximate surface area is 138 Å². The van der Waals surface area contributed by atoms with Crippen molar-refractivity contribution < 1.29 is 27.1 Å². The van der Waals surface area contributed by atoms with E-state index in [-0.39, 0.29) is 22.0 Å². The minimum atomic E-state index is -4.16. The highest BCUT2D eigenvalue weighted by molar-refractivity contribution is 7.90. The van der Waals surface area contributed by atoms with Gasteiger partial charge in [-0.2, -0.15) is 0 Å². The molecule has 3 aliphatic rings. The van der Waals surface area contributed by atoms with Gasteiger partial charge >= 0.3 is 0 Å². The zero-order valence-electron chi connectivity index (χ0n) is 12.8. The number of ketones is 1. The van der Waals surface area contributed by atoms with E-state index in [9.17, 15) is 22.4 Å². The summed E-state index contributed by atoms with van der Waals surface area (Å²) in [7, 11) is -4.16. The molecule has 2 aliphatic heterocycles. The number of sulfonamides is 1. The third-order valence-corrected chi connectivity index (χ3v) is 7.05. The number of carbonyl (C=O) groups is 2. The maximum absolute atomic E-state index is 13.8. The minimum absolute atomic E-state index is 0.0449. The van der Waals surface area contributed by atoms with Gasteiger partial charge in [-0.15, -0.1) is 0 Å². The predicted octanol–water partition coefficient (Wildman–Crippen LogP) is 1.36. The monoisotopic (exact) mass is 353 g/mol. The number of Topliss-reactive ketones (excluding diaryl/α,β-unsaturated/α-hetero) is 1. The standard InChI is InChI=1S/C16H16FNO5S/c17-11-2-1-3-13-14(11)15(20)18(24(13,21)22)8-12(19)10-6-16(7-10)4-5-23-9-16/h1-3,10H,4-9H2. The van der Waals surface area contributed by atoms with Crippen LogP contribution in [0, 0.1) is 17.2 Å². The van der Waals surface area contributed by atoms with Crippen molar-refractivity contribution in [2.24, 2.45) is 11.3 Å². The lowest BCUT2D eigenvalue weighted by Crippen LogP contribution is -2.46. The molecular weight excluding hydrogens is 337 g/mol. The summed E-state index contributed by atoms with van der Waals surface area (Å²) in [5, 5.41) is 0. The quantitative estimate of drug-likeness (QED) is 0.820. The van der Waals surface area contributed by atoms with Crippen molar-refractivity contribution in [3.05, 3.63) is 29.6 Å². The van der Waals surface area contributed by atoms with Crippen LogP contribution in [0.15, 0.2) is 23.1 Å². The van der Waals surface area contributed by atoms with E-state index in [0.717, 1.165) is 12.5 Å². The van der Waals surface area contributed by atoms with Gasteiger partial charge in [0.1, 0.15) is 10.7 Å². The van der Waals surface area contributed by atoms with Crippen LogP contribution in [-0.4, -0.2) is 44.2 Å². The summed E-state index contributed by atoms with van der Waals surface area (Å²) in [4.78, 5) is 24.3. The lowest BCUT2D eigenvalue weighted by Gasteiger charge is -2.43. The first-order valence-electron chi connectivity index (χ1n) is 7.80. The van der Waals surface area contributed by atoms with Crippen LogP contribution >= 0.6 is 0 Å². The normalized spacial score (nSPS) is 30.5. The second-order valence-electron chi connectivity index (χ2n) is 6.80. The molecule has 128 valence electrons. The average Bonchev–Trinajstić information content (AvgIpc) is 3.05. The molecule has 1 aromatic carbocycles. The Morgan fingerprint density at radius 3 is 2.75 bits per heavy atom. The maximum atomic E-state index is 13.8. The summed E-state index contributed by atoms with van der Waals surface area (Å²) < 4.78 is 44.5. The molecule has 0 aromatic heterocycles. The van der Waals surface area contributed by atoms with E-state index in [1.165, 1.54) is 12.1 Å². The highest BCUT2D eigenvalue weighted by atomic mass is 32.2. The number of benzene rings is 1. The van der Waals surface area contributed by atoms with Crippen LogP contribution in [-0.2, 0) is 19.6 Å². The maximum Gasteiger partial charge on any atom is 0.272 e. The summed E-state index contributed by atoms with van der Waals surface area (Å²) in [6.45, 7) is 0.791. The highest BCUT2D eigenvalue weighted by Crippen LogP contribution is 2.51. The third kappa shape index (κ3) is 2.12. The van der Waals surface area contributed by atoms with Gasteiger partial charge in [0.25, 0.3) is 15.9 Å². The van der Waals surface area contributed by atoms with Gasteiger partial charge < -0.3 is 4.74 Å². The summed E-state index contributed by atoms with van der Waals surface area (Å²) in [6, 6.07) is 3.46. The molecule has 8 heteroatoms.